The maximum atomic E-state index is 8.88. The Balaban J connectivity index is -0.000000308. The van der Waals surface area contributed by atoms with Crippen LogP contribution in [0.15, 0.2) is 0 Å². The van der Waals surface area contributed by atoms with Crippen molar-refractivity contribution < 1.29 is 49.9 Å². The molecule has 156 valence electrons. The molecule has 0 saturated heterocycles. The second-order valence-corrected chi connectivity index (χ2v) is 5.56. The lowest BCUT2D eigenvalue weighted by Gasteiger charge is -2.17. The fraction of sp³-hybridized carbons (Fsp3) is 1.00. The first-order valence-electron chi connectivity index (χ1n) is 7.58. The molecule has 0 aromatic heterocycles. The highest BCUT2D eigenvalue weighted by atomic mass is 31.2. The van der Waals surface area contributed by atoms with Crippen LogP contribution >= 0.6 is 7.82 Å². The van der Waals surface area contributed by atoms with Gasteiger partial charge in [0, 0.05) is 39.3 Å². The number of phosphoric acid groups is 1. The van der Waals surface area contributed by atoms with Crippen LogP contribution in [0.5, 0.6) is 0 Å². The number of hydrogen-bond donors (Lipinski definition) is 9. The van der Waals surface area contributed by atoms with E-state index in [1.165, 1.54) is 0 Å². The minimum Gasteiger partial charge on any atom is -0.395 e. The van der Waals surface area contributed by atoms with Crippen LogP contribution in [0, 0.1) is 0 Å². The Morgan fingerprint density at radius 2 is 0.600 bits per heavy atom. The van der Waals surface area contributed by atoms with Crippen molar-refractivity contribution in [1.29, 1.82) is 0 Å². The second-order valence-electron chi connectivity index (χ2n) is 4.54. The smallest absolute Gasteiger partial charge is 0.395 e. The van der Waals surface area contributed by atoms with E-state index in [9.17, 15) is 0 Å². The first-order valence-corrected chi connectivity index (χ1v) is 9.14. The monoisotopic (exact) mass is 396 g/mol. The maximum Gasteiger partial charge on any atom is 0.466 e. The van der Waals surface area contributed by atoms with Gasteiger partial charge in [0.25, 0.3) is 0 Å². The summed E-state index contributed by atoms with van der Waals surface area (Å²) in [6, 6.07) is 0. The molecule has 0 radical (unpaired) electrons. The fourth-order valence-electron chi connectivity index (χ4n) is 1.52. The molecule has 0 aliphatic rings. The van der Waals surface area contributed by atoms with E-state index in [2.05, 4.69) is 0 Å². The van der Waals surface area contributed by atoms with E-state index in [0.717, 1.165) is 0 Å². The zero-order chi connectivity index (χ0) is 20.1. The van der Waals surface area contributed by atoms with Gasteiger partial charge in [0.15, 0.2) is 0 Å². The van der Waals surface area contributed by atoms with Crippen molar-refractivity contribution in [2.75, 3.05) is 78.9 Å². The van der Waals surface area contributed by atoms with Gasteiger partial charge in [0.05, 0.1) is 39.6 Å². The molecule has 0 aliphatic heterocycles. The van der Waals surface area contributed by atoms with Crippen LogP contribution in [0.3, 0.4) is 0 Å². The Bertz CT molecular complexity index is 240. The van der Waals surface area contributed by atoms with E-state index in [4.69, 9.17) is 49.9 Å². The molecule has 0 atom stereocenters. The van der Waals surface area contributed by atoms with Crippen LogP contribution in [-0.2, 0) is 4.57 Å². The highest BCUT2D eigenvalue weighted by Crippen LogP contribution is 2.25. The third-order valence-electron chi connectivity index (χ3n) is 2.50. The summed E-state index contributed by atoms with van der Waals surface area (Å²) in [6.45, 7) is 3.51. The zero-order valence-electron chi connectivity index (χ0n) is 14.3. The number of aliphatic hydroxyl groups is 6. The molecular formula is C12H33N2O10P. The van der Waals surface area contributed by atoms with E-state index in [-0.39, 0.29) is 39.6 Å². The lowest BCUT2D eigenvalue weighted by atomic mass is 10.4. The largest absolute Gasteiger partial charge is 0.466 e. The standard InChI is InChI=1S/2C6H15NO3.H3O4P/c2*8-4-1-7(2-5-9)3-6-10;1-5(2,3)4/h2*8-10H,1-6H2;(H3,1,2,3,4). The second kappa shape index (κ2) is 21.8. The van der Waals surface area contributed by atoms with Gasteiger partial charge in [-0.2, -0.15) is 0 Å². The molecule has 0 aliphatic carbocycles. The van der Waals surface area contributed by atoms with Crippen molar-refractivity contribution in [3.63, 3.8) is 0 Å². The molecule has 25 heavy (non-hydrogen) atoms. The summed E-state index contributed by atoms with van der Waals surface area (Å²) in [7, 11) is -4.64. The van der Waals surface area contributed by atoms with Crippen molar-refractivity contribution in [3.05, 3.63) is 0 Å². The Morgan fingerprint density at radius 3 is 0.680 bits per heavy atom. The summed E-state index contributed by atoms with van der Waals surface area (Å²) in [5.74, 6) is 0. The van der Waals surface area contributed by atoms with Crippen LogP contribution in [0.2, 0.25) is 0 Å². The highest BCUT2D eigenvalue weighted by Gasteiger charge is 2.01. The van der Waals surface area contributed by atoms with Crippen molar-refractivity contribution in [2.45, 2.75) is 0 Å². The molecule has 0 aromatic carbocycles. The van der Waals surface area contributed by atoms with Gasteiger partial charge in [0.1, 0.15) is 0 Å². The van der Waals surface area contributed by atoms with Crippen molar-refractivity contribution in [3.8, 4) is 0 Å². The molecule has 0 amide bonds. The number of aliphatic hydroxyl groups excluding tert-OH is 6. The molecule has 0 saturated carbocycles. The minimum atomic E-state index is -4.64. The molecule has 12 nitrogen and oxygen atoms in total. The summed E-state index contributed by atoms with van der Waals surface area (Å²) in [5, 5.41) is 50.9. The van der Waals surface area contributed by atoms with Gasteiger partial charge < -0.3 is 45.3 Å². The van der Waals surface area contributed by atoms with Crippen LogP contribution in [-0.4, -0.2) is 134 Å². The first kappa shape index (κ1) is 29.5. The predicted molar refractivity (Wildman–Crippen MR) is 89.7 cm³/mol. The lowest BCUT2D eigenvalue weighted by molar-refractivity contribution is 0.136. The number of nitrogens with zero attached hydrogens (tertiary/aromatic N) is 2. The Hall–Kier alpha value is -0.210. The van der Waals surface area contributed by atoms with E-state index >= 15 is 0 Å². The van der Waals surface area contributed by atoms with E-state index in [1.807, 2.05) is 0 Å². The van der Waals surface area contributed by atoms with Crippen LogP contribution in [0.4, 0.5) is 0 Å². The zero-order valence-corrected chi connectivity index (χ0v) is 15.2. The molecule has 9 N–H and O–H groups in total. The SMILES string of the molecule is O=P(O)(O)O.OCCN(CCO)CCO.OCCN(CCO)CCO. The van der Waals surface area contributed by atoms with Gasteiger partial charge in [-0.25, -0.2) is 4.57 Å². The molecule has 0 fully saturated rings. The van der Waals surface area contributed by atoms with E-state index in [1.54, 1.807) is 9.80 Å². The van der Waals surface area contributed by atoms with Crippen LogP contribution in [0.25, 0.3) is 0 Å². The molecule has 0 aromatic rings. The van der Waals surface area contributed by atoms with E-state index in [0.29, 0.717) is 39.3 Å². The quantitative estimate of drug-likeness (QED) is 0.143. The molecule has 0 bridgehead atoms. The number of rotatable bonds is 12. The maximum absolute atomic E-state index is 8.88. The normalized spacial score (nSPS) is 11.0. The first-order chi connectivity index (χ1) is 11.7. The molecular weight excluding hydrogens is 363 g/mol. The third kappa shape index (κ3) is 35.7. The topological polar surface area (TPSA) is 206 Å². The van der Waals surface area contributed by atoms with Crippen LogP contribution in [0.1, 0.15) is 0 Å². The Morgan fingerprint density at radius 1 is 0.480 bits per heavy atom. The summed E-state index contributed by atoms with van der Waals surface area (Å²) in [4.78, 5) is 25.1. The average Bonchev–Trinajstić information content (AvgIpc) is 2.48. The molecule has 0 unspecified atom stereocenters. The molecule has 0 rings (SSSR count). The Kier molecular flexibility index (Phi) is 25.8. The number of hydrogen-bond acceptors (Lipinski definition) is 9. The highest BCUT2D eigenvalue weighted by molar-refractivity contribution is 7.45. The molecule has 0 heterocycles. The van der Waals surface area contributed by atoms with Crippen molar-refractivity contribution in [2.24, 2.45) is 0 Å². The average molecular weight is 396 g/mol. The fourth-order valence-corrected chi connectivity index (χ4v) is 1.52. The minimum absolute atomic E-state index is 0.0694. The van der Waals surface area contributed by atoms with Gasteiger partial charge in [-0.1, -0.05) is 0 Å². The van der Waals surface area contributed by atoms with Gasteiger partial charge in [-0.15, -0.1) is 0 Å². The summed E-state index contributed by atoms with van der Waals surface area (Å²) in [6.07, 6.45) is 0. The van der Waals surface area contributed by atoms with Crippen molar-refractivity contribution >= 4 is 7.82 Å². The Labute approximate surface area is 147 Å². The summed E-state index contributed by atoms with van der Waals surface area (Å²) < 4.78 is 8.88. The van der Waals surface area contributed by atoms with Gasteiger partial charge in [-0.05, 0) is 0 Å². The summed E-state index contributed by atoms with van der Waals surface area (Å²) in [5.41, 5.74) is 0. The molecule has 13 heteroatoms. The van der Waals surface area contributed by atoms with E-state index < -0.39 is 7.82 Å². The van der Waals surface area contributed by atoms with Crippen molar-refractivity contribution in [1.82, 2.24) is 9.80 Å². The van der Waals surface area contributed by atoms with Gasteiger partial charge in [0.2, 0.25) is 0 Å². The molecule has 0 spiro atoms. The van der Waals surface area contributed by atoms with Gasteiger partial charge >= 0.3 is 7.82 Å². The predicted octanol–water partition coefficient (Wildman–Crippen LogP) is -4.40. The van der Waals surface area contributed by atoms with Gasteiger partial charge in [-0.3, -0.25) is 9.80 Å². The van der Waals surface area contributed by atoms with Crippen LogP contribution < -0.4 is 0 Å². The summed E-state index contributed by atoms with van der Waals surface area (Å²) >= 11 is 0. The third-order valence-corrected chi connectivity index (χ3v) is 2.50. The lowest BCUT2D eigenvalue weighted by Crippen LogP contribution is -2.32.